The first-order chi connectivity index (χ1) is 21.6. The maximum absolute atomic E-state index is 6.80. The average Bonchev–Trinajstić information content (AvgIpc) is 3.42. The van der Waals surface area contributed by atoms with E-state index in [1.807, 2.05) is 60.7 Å². The van der Waals surface area contributed by atoms with Crippen molar-refractivity contribution in [2.45, 2.75) is 13.1 Å². The van der Waals surface area contributed by atoms with Crippen LogP contribution in [0.2, 0.25) is 13.1 Å². The topological polar surface area (TPSA) is 44.1 Å². The Bertz CT molecular complexity index is 2270. The number of hydrogen-bond acceptors (Lipinski definition) is 5. The molecule has 0 atom stereocenters. The fourth-order valence-corrected chi connectivity index (χ4v) is 9.41. The van der Waals surface area contributed by atoms with Gasteiger partial charge in [-0.05, 0) is 65.0 Å². The van der Waals surface area contributed by atoms with Gasteiger partial charge in [-0.3, -0.25) is 0 Å². The minimum atomic E-state index is -2.08. The van der Waals surface area contributed by atoms with Crippen molar-refractivity contribution in [3.05, 3.63) is 127 Å². The van der Waals surface area contributed by atoms with Crippen molar-refractivity contribution in [3.63, 3.8) is 0 Å². The zero-order valence-corrected chi connectivity index (χ0v) is 25.2. The Morgan fingerprint density at radius 2 is 1.09 bits per heavy atom. The zero-order chi connectivity index (χ0) is 29.4. The Morgan fingerprint density at radius 3 is 1.95 bits per heavy atom. The van der Waals surface area contributed by atoms with Gasteiger partial charge in [0.1, 0.15) is 25.0 Å². The molecule has 0 bridgehead atoms. The molecule has 1 aromatic heterocycles. The molecule has 0 amide bonds. The quantitative estimate of drug-likeness (QED) is 0.192. The van der Waals surface area contributed by atoms with Crippen LogP contribution in [0.15, 0.2) is 132 Å². The number of nitrogens with zero attached hydrogens (tertiary/aromatic N) is 1. The summed E-state index contributed by atoms with van der Waals surface area (Å²) >= 11 is 0. The van der Waals surface area contributed by atoms with Crippen LogP contribution >= 0.6 is 0 Å². The monoisotopic (exact) mass is 589 g/mol. The summed E-state index contributed by atoms with van der Waals surface area (Å²) in [7, 11) is -2.08. The number of rotatable bonds is 3. The van der Waals surface area contributed by atoms with E-state index in [4.69, 9.17) is 18.6 Å². The maximum Gasteiger partial charge on any atom is 0.194 e. The molecule has 0 radical (unpaired) electrons. The Hall–Kier alpha value is -5.46. The predicted molar refractivity (Wildman–Crippen MR) is 178 cm³/mol. The van der Waals surface area contributed by atoms with Gasteiger partial charge >= 0.3 is 0 Å². The summed E-state index contributed by atoms with van der Waals surface area (Å²) in [5.41, 5.74) is 4.35. The summed E-state index contributed by atoms with van der Waals surface area (Å²) in [6.07, 6.45) is 0. The lowest BCUT2D eigenvalue weighted by molar-refractivity contribution is 0.360. The van der Waals surface area contributed by atoms with Crippen LogP contribution < -0.4 is 29.5 Å². The summed E-state index contributed by atoms with van der Waals surface area (Å²) in [5, 5.41) is 4.71. The summed E-state index contributed by atoms with van der Waals surface area (Å²) in [6, 6.07) is 43.2. The number of para-hydroxylation sites is 6. The third-order valence-electron chi connectivity index (χ3n) is 8.78. The van der Waals surface area contributed by atoms with Crippen molar-refractivity contribution in [3.8, 4) is 34.5 Å². The zero-order valence-electron chi connectivity index (χ0n) is 24.2. The molecule has 2 aliphatic rings. The van der Waals surface area contributed by atoms with Gasteiger partial charge in [0.2, 0.25) is 0 Å². The van der Waals surface area contributed by atoms with Crippen molar-refractivity contribution in [2.24, 2.45) is 0 Å². The van der Waals surface area contributed by atoms with E-state index >= 15 is 0 Å². The second-order valence-corrected chi connectivity index (χ2v) is 16.1. The van der Waals surface area contributed by atoms with E-state index in [9.17, 15) is 0 Å². The molecule has 9 rings (SSSR count). The number of furan rings is 1. The molecule has 2 aliphatic heterocycles. The third-order valence-corrected chi connectivity index (χ3v) is 12.3. The van der Waals surface area contributed by atoms with E-state index in [-0.39, 0.29) is 0 Å². The van der Waals surface area contributed by atoms with Crippen LogP contribution in [0.5, 0.6) is 34.5 Å². The lowest BCUT2D eigenvalue weighted by atomic mass is 10.1. The minimum absolute atomic E-state index is 0.640. The standard InChI is InChI=1S/C38H27NO4Si/c1-44(2)35-19-8-7-17-32(35)43-38-28(13-10-20-36(38)44)39(24-21-22-26-25-11-3-4-14-29(25)40-34(26)23-24)27-12-9-18-33-37(27)42-31-16-6-5-15-30(31)41-33/h3-23H,1-2H3. The van der Waals surface area contributed by atoms with Gasteiger partial charge in [-0.25, -0.2) is 0 Å². The number of fused-ring (bicyclic) bond motifs is 7. The molecule has 0 saturated carbocycles. The summed E-state index contributed by atoms with van der Waals surface area (Å²) in [4.78, 5) is 2.21. The van der Waals surface area contributed by atoms with Crippen LogP contribution in [0.1, 0.15) is 0 Å². The third kappa shape index (κ3) is 3.64. The highest BCUT2D eigenvalue weighted by molar-refractivity contribution is 7.01. The van der Waals surface area contributed by atoms with Crippen LogP contribution in [-0.2, 0) is 0 Å². The summed E-state index contributed by atoms with van der Waals surface area (Å²) < 4.78 is 26.1. The predicted octanol–water partition coefficient (Wildman–Crippen LogP) is 9.88. The summed E-state index contributed by atoms with van der Waals surface area (Å²) in [6.45, 7) is 4.78. The highest BCUT2D eigenvalue weighted by atomic mass is 28.3. The van der Waals surface area contributed by atoms with Gasteiger partial charge in [0.05, 0.1) is 17.1 Å². The van der Waals surface area contributed by atoms with Gasteiger partial charge < -0.3 is 23.5 Å². The van der Waals surface area contributed by atoms with E-state index in [2.05, 4.69) is 84.7 Å². The van der Waals surface area contributed by atoms with E-state index in [0.717, 1.165) is 50.5 Å². The molecule has 7 aromatic rings. The molecular formula is C38H27NO4Si. The van der Waals surface area contributed by atoms with Gasteiger partial charge in [0.25, 0.3) is 0 Å². The molecule has 0 N–H and O–H groups in total. The Kier molecular flexibility index (Phi) is 5.28. The Morgan fingerprint density at radius 1 is 0.477 bits per heavy atom. The molecule has 0 fully saturated rings. The molecular weight excluding hydrogens is 563 g/mol. The molecule has 0 unspecified atom stereocenters. The Labute approximate surface area is 255 Å². The lowest BCUT2D eigenvalue weighted by Gasteiger charge is -2.37. The van der Waals surface area contributed by atoms with E-state index in [1.165, 1.54) is 10.4 Å². The normalized spacial score (nSPS) is 14.0. The molecule has 5 nitrogen and oxygen atoms in total. The van der Waals surface area contributed by atoms with Gasteiger partial charge in [-0.2, -0.15) is 0 Å². The largest absolute Gasteiger partial charge is 0.456 e. The molecule has 0 spiro atoms. The van der Waals surface area contributed by atoms with Crippen LogP contribution in [0, 0.1) is 0 Å². The second-order valence-electron chi connectivity index (χ2n) is 11.7. The van der Waals surface area contributed by atoms with Gasteiger partial charge in [0.15, 0.2) is 28.7 Å². The van der Waals surface area contributed by atoms with Gasteiger partial charge in [-0.15, -0.1) is 0 Å². The SMILES string of the molecule is C[Si]1(C)c2ccccc2Oc2c(N(c3ccc4c(c3)oc3ccccc34)c3cccc4c3Oc3ccccc3O4)cccc21. The van der Waals surface area contributed by atoms with Gasteiger partial charge in [-0.1, -0.05) is 79.8 Å². The van der Waals surface area contributed by atoms with Crippen molar-refractivity contribution < 1.29 is 18.6 Å². The van der Waals surface area contributed by atoms with Crippen molar-refractivity contribution in [1.82, 2.24) is 0 Å². The first-order valence-corrected chi connectivity index (χ1v) is 17.8. The van der Waals surface area contributed by atoms with Crippen LogP contribution in [-0.4, -0.2) is 8.07 Å². The molecule has 6 heteroatoms. The van der Waals surface area contributed by atoms with Crippen molar-refractivity contribution in [2.75, 3.05) is 4.90 Å². The molecule has 212 valence electrons. The highest BCUT2D eigenvalue weighted by Crippen LogP contribution is 2.54. The van der Waals surface area contributed by atoms with Crippen LogP contribution in [0.4, 0.5) is 17.1 Å². The first kappa shape index (κ1) is 25.1. The van der Waals surface area contributed by atoms with E-state index < -0.39 is 8.07 Å². The number of hydrogen-bond donors (Lipinski definition) is 0. The van der Waals surface area contributed by atoms with Crippen LogP contribution in [0.25, 0.3) is 21.9 Å². The number of ether oxygens (including phenoxy) is 3. The molecule has 44 heavy (non-hydrogen) atoms. The molecule has 3 heterocycles. The smallest absolute Gasteiger partial charge is 0.194 e. The van der Waals surface area contributed by atoms with Crippen LogP contribution in [0.3, 0.4) is 0 Å². The molecule has 6 aromatic carbocycles. The average molecular weight is 590 g/mol. The van der Waals surface area contributed by atoms with E-state index in [1.54, 1.807) is 0 Å². The Balaban J connectivity index is 1.30. The lowest BCUT2D eigenvalue weighted by Crippen LogP contribution is -2.56. The van der Waals surface area contributed by atoms with Crippen molar-refractivity contribution in [1.29, 1.82) is 0 Å². The molecule has 0 saturated heterocycles. The fourth-order valence-electron chi connectivity index (χ4n) is 6.60. The first-order valence-electron chi connectivity index (χ1n) is 14.8. The minimum Gasteiger partial charge on any atom is -0.456 e. The number of anilines is 3. The highest BCUT2D eigenvalue weighted by Gasteiger charge is 2.39. The van der Waals surface area contributed by atoms with Gasteiger partial charge in [0, 0.05) is 16.8 Å². The second kappa shape index (κ2) is 9.27. The maximum atomic E-state index is 6.80. The number of benzene rings is 6. The van der Waals surface area contributed by atoms with Crippen molar-refractivity contribution >= 4 is 57.4 Å². The molecule has 0 aliphatic carbocycles. The van der Waals surface area contributed by atoms with E-state index in [0.29, 0.717) is 23.0 Å². The summed E-state index contributed by atoms with van der Waals surface area (Å²) in [5.74, 6) is 4.44. The fraction of sp³-hybridized carbons (Fsp3) is 0.0526.